The third kappa shape index (κ3) is 2.37. The number of fused-ring (bicyclic) bond motifs is 6. The quantitative estimate of drug-likeness (QED) is 0.696. The summed E-state index contributed by atoms with van der Waals surface area (Å²) in [5, 5.41) is 10.1. The van der Waals surface area contributed by atoms with Crippen molar-refractivity contribution in [2.75, 3.05) is 6.54 Å². The van der Waals surface area contributed by atoms with Gasteiger partial charge in [0.2, 0.25) is 0 Å². The monoisotopic (exact) mass is 387 g/mol. The van der Waals surface area contributed by atoms with Gasteiger partial charge in [-0.2, -0.15) is 0 Å². The minimum atomic E-state index is -0.247. The number of Topliss-reactive ketones (excluding diaryl/α,β-unsaturated/α-hetero) is 1. The van der Waals surface area contributed by atoms with E-state index in [2.05, 4.69) is 18.7 Å². The fourth-order valence-electron chi connectivity index (χ4n) is 9.01. The van der Waals surface area contributed by atoms with Crippen LogP contribution in [0.3, 0.4) is 0 Å². The number of piperidine rings is 1. The highest BCUT2D eigenvalue weighted by atomic mass is 16.6. The molecule has 6 rings (SSSR count). The van der Waals surface area contributed by atoms with Crippen LogP contribution in [0.1, 0.15) is 78.1 Å². The number of aliphatic hydroxyl groups excluding tert-OH is 1. The van der Waals surface area contributed by atoms with Crippen LogP contribution < -0.4 is 0 Å². The van der Waals surface area contributed by atoms with Crippen LogP contribution in [0, 0.1) is 34.5 Å². The summed E-state index contributed by atoms with van der Waals surface area (Å²) >= 11 is 0. The minimum absolute atomic E-state index is 0.00346. The van der Waals surface area contributed by atoms with E-state index >= 15 is 0 Å². The van der Waals surface area contributed by atoms with Crippen LogP contribution in [0.4, 0.5) is 0 Å². The molecule has 0 aromatic heterocycles. The molecule has 2 heterocycles. The van der Waals surface area contributed by atoms with Gasteiger partial charge in [-0.1, -0.05) is 13.8 Å². The predicted octanol–water partition coefficient (Wildman–Crippen LogP) is 3.76. The van der Waals surface area contributed by atoms with Crippen LogP contribution in [0.2, 0.25) is 0 Å². The molecule has 4 saturated carbocycles. The first-order valence-corrected chi connectivity index (χ1v) is 12.0. The molecule has 156 valence electrons. The van der Waals surface area contributed by atoms with Gasteiger partial charge in [-0.3, -0.25) is 9.69 Å². The molecular formula is C24H37NO3. The van der Waals surface area contributed by atoms with Crippen LogP contribution in [-0.4, -0.2) is 46.8 Å². The van der Waals surface area contributed by atoms with E-state index in [4.69, 9.17) is 4.74 Å². The number of carbonyl (C=O) groups excluding carboxylic acids is 1. The molecule has 28 heavy (non-hydrogen) atoms. The Kier molecular flexibility index (Phi) is 3.96. The molecule has 5 unspecified atom stereocenters. The molecule has 4 nitrogen and oxygen atoms in total. The van der Waals surface area contributed by atoms with Gasteiger partial charge in [-0.25, -0.2) is 0 Å². The molecule has 2 saturated heterocycles. The molecule has 0 amide bonds. The first kappa shape index (κ1) is 18.3. The van der Waals surface area contributed by atoms with Gasteiger partial charge in [0.05, 0.1) is 6.10 Å². The molecule has 4 aliphatic carbocycles. The molecule has 4 heteroatoms. The Morgan fingerprint density at radius 3 is 2.71 bits per heavy atom. The lowest BCUT2D eigenvalue weighted by Gasteiger charge is -2.61. The number of hydrogen-bond acceptors (Lipinski definition) is 4. The number of nitrogens with zero attached hydrogens (tertiary/aromatic N) is 1. The molecule has 0 spiro atoms. The van der Waals surface area contributed by atoms with E-state index in [1.165, 1.54) is 38.5 Å². The maximum atomic E-state index is 12.7. The maximum Gasteiger partial charge on any atom is 0.140 e. The summed E-state index contributed by atoms with van der Waals surface area (Å²) < 4.78 is 5.85. The Morgan fingerprint density at radius 1 is 1.04 bits per heavy atom. The molecule has 6 fully saturated rings. The molecular weight excluding hydrogens is 350 g/mol. The zero-order chi connectivity index (χ0) is 19.3. The van der Waals surface area contributed by atoms with Crippen molar-refractivity contribution in [1.82, 2.24) is 4.90 Å². The summed E-state index contributed by atoms with van der Waals surface area (Å²) in [5.74, 6) is 3.67. The summed E-state index contributed by atoms with van der Waals surface area (Å²) in [6.07, 6.45) is 12.0. The standard InChI is InChI=1S/C24H37NO3/c1-23-11-9-18-16(17(23)7-8-20(23)27)6-4-14-3-5-15(13-24(14,18)2)25-12-10-19(26)21-22(25)28-21/h14-19,21-22,26H,3-13H2,1-2H3/t14?,15?,16-,17-,18+,19?,21?,22?,23-,24-/m0/s1. The number of ether oxygens (including phenoxy) is 1. The second kappa shape index (κ2) is 6.04. The van der Waals surface area contributed by atoms with E-state index < -0.39 is 0 Å². The lowest BCUT2D eigenvalue weighted by atomic mass is 9.45. The second-order valence-electron chi connectivity index (χ2n) is 11.6. The third-order valence-electron chi connectivity index (χ3n) is 10.7. The molecule has 2 aliphatic heterocycles. The molecule has 0 aromatic carbocycles. The van der Waals surface area contributed by atoms with Crippen LogP contribution in [0.5, 0.6) is 0 Å². The maximum absolute atomic E-state index is 12.7. The van der Waals surface area contributed by atoms with Crippen molar-refractivity contribution < 1.29 is 14.6 Å². The number of rotatable bonds is 1. The zero-order valence-electron chi connectivity index (χ0n) is 17.6. The molecule has 1 N–H and O–H groups in total. The minimum Gasteiger partial charge on any atom is -0.390 e. The van der Waals surface area contributed by atoms with Crippen molar-refractivity contribution >= 4 is 5.78 Å². The lowest BCUT2D eigenvalue weighted by molar-refractivity contribution is -0.142. The summed E-state index contributed by atoms with van der Waals surface area (Å²) in [6.45, 7) is 5.91. The third-order valence-corrected chi connectivity index (χ3v) is 10.7. The highest BCUT2D eigenvalue weighted by Crippen LogP contribution is 2.65. The Balaban J connectivity index is 1.25. The largest absolute Gasteiger partial charge is 0.390 e. The molecule has 0 bridgehead atoms. The van der Waals surface area contributed by atoms with E-state index in [1.807, 2.05) is 0 Å². The van der Waals surface area contributed by atoms with Gasteiger partial charge in [-0.05, 0) is 86.9 Å². The topological polar surface area (TPSA) is 53.1 Å². The van der Waals surface area contributed by atoms with Gasteiger partial charge in [0.25, 0.3) is 0 Å². The Hall–Kier alpha value is -0.450. The Bertz CT molecular complexity index is 681. The first-order chi connectivity index (χ1) is 13.4. The summed E-state index contributed by atoms with van der Waals surface area (Å²) in [7, 11) is 0. The molecule has 0 radical (unpaired) electrons. The van der Waals surface area contributed by atoms with E-state index in [1.54, 1.807) is 0 Å². The number of aliphatic hydroxyl groups is 1. The van der Waals surface area contributed by atoms with Crippen molar-refractivity contribution in [1.29, 1.82) is 0 Å². The van der Waals surface area contributed by atoms with E-state index in [-0.39, 0.29) is 23.9 Å². The summed E-state index contributed by atoms with van der Waals surface area (Å²) in [6, 6.07) is 0.626. The SMILES string of the molecule is C[C@]12CC(N3CCC(O)C4OC43)CCC1CC[C@@H]1[C@H]2CC[C@]2(C)C(=O)CC[C@@H]12. The number of hydrogen-bond donors (Lipinski definition) is 1. The summed E-state index contributed by atoms with van der Waals surface area (Å²) in [4.78, 5) is 15.3. The molecule has 6 aliphatic rings. The Labute approximate surface area is 169 Å². The highest BCUT2D eigenvalue weighted by molar-refractivity contribution is 5.87. The van der Waals surface area contributed by atoms with E-state index in [0.29, 0.717) is 23.2 Å². The van der Waals surface area contributed by atoms with E-state index in [0.717, 1.165) is 50.0 Å². The van der Waals surface area contributed by atoms with Gasteiger partial charge in [-0.15, -0.1) is 0 Å². The van der Waals surface area contributed by atoms with Crippen molar-refractivity contribution in [2.45, 2.75) is 103 Å². The Morgan fingerprint density at radius 2 is 1.86 bits per heavy atom. The average Bonchev–Trinajstić information content (AvgIpc) is 3.42. The number of ketones is 1. The normalized spacial score (nSPS) is 58.5. The number of carbonyl (C=O) groups is 1. The second-order valence-corrected chi connectivity index (χ2v) is 11.6. The molecule has 10 atom stereocenters. The van der Waals surface area contributed by atoms with Gasteiger partial charge >= 0.3 is 0 Å². The first-order valence-electron chi connectivity index (χ1n) is 12.0. The van der Waals surface area contributed by atoms with E-state index in [9.17, 15) is 9.90 Å². The van der Waals surface area contributed by atoms with Crippen molar-refractivity contribution in [2.24, 2.45) is 34.5 Å². The fraction of sp³-hybridized carbons (Fsp3) is 0.958. The van der Waals surface area contributed by atoms with Gasteiger partial charge in [0.15, 0.2) is 0 Å². The highest BCUT2D eigenvalue weighted by Gasteiger charge is 2.61. The lowest BCUT2D eigenvalue weighted by Crippen LogP contribution is -2.57. The van der Waals surface area contributed by atoms with Crippen molar-refractivity contribution in [3.63, 3.8) is 0 Å². The smallest absolute Gasteiger partial charge is 0.140 e. The number of likely N-dealkylation sites (tertiary alicyclic amines) is 1. The van der Waals surface area contributed by atoms with Crippen LogP contribution >= 0.6 is 0 Å². The predicted molar refractivity (Wildman–Crippen MR) is 107 cm³/mol. The van der Waals surface area contributed by atoms with Crippen molar-refractivity contribution in [3.8, 4) is 0 Å². The fourth-order valence-corrected chi connectivity index (χ4v) is 9.01. The number of epoxide rings is 1. The van der Waals surface area contributed by atoms with Gasteiger partial charge in [0.1, 0.15) is 18.1 Å². The van der Waals surface area contributed by atoms with Gasteiger partial charge in [0, 0.05) is 24.4 Å². The molecule has 0 aromatic rings. The van der Waals surface area contributed by atoms with Crippen LogP contribution in [0.25, 0.3) is 0 Å². The van der Waals surface area contributed by atoms with Crippen LogP contribution in [-0.2, 0) is 9.53 Å². The summed E-state index contributed by atoms with van der Waals surface area (Å²) in [5.41, 5.74) is 0.426. The average molecular weight is 388 g/mol. The van der Waals surface area contributed by atoms with Crippen molar-refractivity contribution in [3.05, 3.63) is 0 Å². The van der Waals surface area contributed by atoms with Gasteiger partial charge < -0.3 is 9.84 Å². The van der Waals surface area contributed by atoms with Crippen LogP contribution in [0.15, 0.2) is 0 Å². The zero-order valence-corrected chi connectivity index (χ0v) is 17.6.